The predicted octanol–water partition coefficient (Wildman–Crippen LogP) is 11.9. The SMILES string of the molecule is Cc1cc(CSc2ccccc2SCc2cc(C)cc(-c3cccc4ccccc34)c2O)c(O)c(-c2cccc3ccccc23)c1. The largest absolute Gasteiger partial charge is 0.507 e. The Morgan fingerprint density at radius 2 is 0.826 bits per heavy atom. The molecule has 2 nitrogen and oxygen atoms in total. The zero-order valence-corrected chi connectivity index (χ0v) is 27.5. The molecule has 0 aliphatic rings. The van der Waals surface area contributed by atoms with E-state index in [4.69, 9.17) is 0 Å². The van der Waals surface area contributed by atoms with Crippen molar-refractivity contribution in [2.24, 2.45) is 0 Å². The number of aromatic hydroxyl groups is 2. The molecule has 46 heavy (non-hydrogen) atoms. The maximum atomic E-state index is 11.5. The first kappa shape index (κ1) is 30.0. The van der Waals surface area contributed by atoms with Gasteiger partial charge in [-0.2, -0.15) is 0 Å². The lowest BCUT2D eigenvalue weighted by molar-refractivity contribution is 0.472. The zero-order chi connectivity index (χ0) is 31.6. The molecule has 7 aromatic carbocycles. The fourth-order valence-corrected chi connectivity index (χ4v) is 8.44. The van der Waals surface area contributed by atoms with Gasteiger partial charge in [0.1, 0.15) is 11.5 Å². The molecule has 0 amide bonds. The molecular weight excluding hydrogens is 601 g/mol. The van der Waals surface area contributed by atoms with Crippen LogP contribution in [0.4, 0.5) is 0 Å². The second-order valence-corrected chi connectivity index (χ2v) is 13.8. The van der Waals surface area contributed by atoms with Gasteiger partial charge in [0.05, 0.1) is 0 Å². The van der Waals surface area contributed by atoms with Crippen molar-refractivity contribution in [1.82, 2.24) is 0 Å². The van der Waals surface area contributed by atoms with Gasteiger partial charge in [0.15, 0.2) is 0 Å². The molecule has 0 saturated carbocycles. The Morgan fingerprint density at radius 1 is 0.435 bits per heavy atom. The van der Waals surface area contributed by atoms with Crippen molar-refractivity contribution in [2.45, 2.75) is 35.1 Å². The second kappa shape index (κ2) is 13.0. The van der Waals surface area contributed by atoms with Gasteiger partial charge in [0, 0.05) is 43.6 Å². The van der Waals surface area contributed by atoms with Crippen LogP contribution < -0.4 is 0 Å². The van der Waals surface area contributed by atoms with Crippen LogP contribution in [-0.2, 0) is 11.5 Å². The van der Waals surface area contributed by atoms with Gasteiger partial charge in [0.25, 0.3) is 0 Å². The molecule has 0 radical (unpaired) electrons. The zero-order valence-electron chi connectivity index (χ0n) is 25.8. The van der Waals surface area contributed by atoms with Crippen molar-refractivity contribution in [1.29, 1.82) is 0 Å². The molecule has 0 unspecified atom stereocenters. The van der Waals surface area contributed by atoms with Gasteiger partial charge in [-0.05, 0) is 81.9 Å². The van der Waals surface area contributed by atoms with E-state index in [1.807, 2.05) is 24.3 Å². The van der Waals surface area contributed by atoms with Crippen LogP contribution in [0.3, 0.4) is 0 Å². The summed E-state index contributed by atoms with van der Waals surface area (Å²) in [6.45, 7) is 4.18. The molecule has 0 spiro atoms. The van der Waals surface area contributed by atoms with Crippen LogP contribution in [0, 0.1) is 13.8 Å². The smallest absolute Gasteiger partial charge is 0.127 e. The van der Waals surface area contributed by atoms with Gasteiger partial charge in [-0.1, -0.05) is 109 Å². The number of rotatable bonds is 8. The first-order chi connectivity index (χ1) is 22.5. The van der Waals surface area contributed by atoms with E-state index >= 15 is 0 Å². The monoisotopic (exact) mass is 634 g/mol. The van der Waals surface area contributed by atoms with Gasteiger partial charge < -0.3 is 10.2 Å². The van der Waals surface area contributed by atoms with Crippen molar-refractivity contribution in [3.05, 3.63) is 156 Å². The van der Waals surface area contributed by atoms with Gasteiger partial charge >= 0.3 is 0 Å². The molecule has 7 aromatic rings. The molecule has 0 fully saturated rings. The number of hydrogen-bond donors (Lipinski definition) is 2. The van der Waals surface area contributed by atoms with Gasteiger partial charge in [-0.25, -0.2) is 0 Å². The first-order valence-electron chi connectivity index (χ1n) is 15.4. The number of phenolic OH excluding ortho intramolecular Hbond substituents is 2. The molecule has 0 aliphatic heterocycles. The van der Waals surface area contributed by atoms with Crippen LogP contribution in [0.1, 0.15) is 22.3 Å². The molecule has 0 aliphatic carbocycles. The highest BCUT2D eigenvalue weighted by atomic mass is 32.2. The molecule has 7 rings (SSSR count). The van der Waals surface area contributed by atoms with E-state index in [2.05, 4.69) is 123 Å². The number of fused-ring (bicyclic) bond motifs is 2. The minimum Gasteiger partial charge on any atom is -0.507 e. The normalized spacial score (nSPS) is 11.3. The number of phenols is 2. The summed E-state index contributed by atoms with van der Waals surface area (Å²) in [5, 5.41) is 27.6. The molecule has 0 saturated heterocycles. The van der Waals surface area contributed by atoms with E-state index < -0.39 is 0 Å². The molecule has 226 valence electrons. The quantitative estimate of drug-likeness (QED) is 0.163. The van der Waals surface area contributed by atoms with Crippen LogP contribution >= 0.6 is 23.5 Å². The minimum absolute atomic E-state index is 0.338. The summed E-state index contributed by atoms with van der Waals surface area (Å²) in [7, 11) is 0. The summed E-state index contributed by atoms with van der Waals surface area (Å²) in [5.41, 5.74) is 7.91. The van der Waals surface area contributed by atoms with Crippen molar-refractivity contribution < 1.29 is 10.2 Å². The summed E-state index contributed by atoms with van der Waals surface area (Å²) in [6, 6.07) is 45.9. The van der Waals surface area contributed by atoms with Crippen LogP contribution in [0.15, 0.2) is 143 Å². The van der Waals surface area contributed by atoms with E-state index in [0.717, 1.165) is 75.8 Å². The van der Waals surface area contributed by atoms with Crippen LogP contribution in [0.5, 0.6) is 11.5 Å². The fraction of sp³-hybridized carbons (Fsp3) is 0.0952. The number of thioether (sulfide) groups is 2. The highest BCUT2D eigenvalue weighted by molar-refractivity contribution is 8.01. The maximum Gasteiger partial charge on any atom is 0.127 e. The third-order valence-corrected chi connectivity index (χ3v) is 10.8. The molecular formula is C42H34O2S2. The van der Waals surface area contributed by atoms with E-state index in [0.29, 0.717) is 23.0 Å². The molecule has 4 heteroatoms. The highest BCUT2D eigenvalue weighted by Gasteiger charge is 2.16. The van der Waals surface area contributed by atoms with Crippen molar-refractivity contribution in [3.63, 3.8) is 0 Å². The topological polar surface area (TPSA) is 40.5 Å². The van der Waals surface area contributed by atoms with Gasteiger partial charge in [-0.15, -0.1) is 23.5 Å². The average molecular weight is 635 g/mol. The summed E-state index contributed by atoms with van der Waals surface area (Å²) in [6.07, 6.45) is 0. The lowest BCUT2D eigenvalue weighted by Crippen LogP contribution is -1.92. The summed E-state index contributed by atoms with van der Waals surface area (Å²) in [4.78, 5) is 2.31. The van der Waals surface area contributed by atoms with E-state index in [-0.39, 0.29) is 0 Å². The number of aryl methyl sites for hydroxylation is 2. The first-order valence-corrected chi connectivity index (χ1v) is 17.4. The van der Waals surface area contributed by atoms with Crippen molar-refractivity contribution in [3.8, 4) is 33.8 Å². The molecule has 2 N–H and O–H groups in total. The van der Waals surface area contributed by atoms with Crippen molar-refractivity contribution in [2.75, 3.05) is 0 Å². The fourth-order valence-electron chi connectivity index (χ4n) is 6.26. The van der Waals surface area contributed by atoms with Crippen LogP contribution in [0.2, 0.25) is 0 Å². The molecule has 0 aromatic heterocycles. The Labute approximate surface area is 278 Å². The standard InChI is InChI=1S/C42H34O2S2/c1-27-21-31(41(43)37(23-27)35-17-9-13-29-11-3-5-15-33(29)35)25-45-39-19-7-8-20-40(39)46-26-32-22-28(2)24-38(42(32)44)36-18-10-14-30-12-4-6-16-34(30)36/h3-24,43-44H,25-26H2,1-2H3. The maximum absolute atomic E-state index is 11.5. The third-order valence-electron chi connectivity index (χ3n) is 8.44. The Morgan fingerprint density at radius 3 is 1.28 bits per heavy atom. The van der Waals surface area contributed by atoms with E-state index in [9.17, 15) is 10.2 Å². The Hall–Kier alpha value is -4.64. The highest BCUT2D eigenvalue weighted by Crippen LogP contribution is 2.43. The van der Waals surface area contributed by atoms with Gasteiger partial charge in [-0.3, -0.25) is 0 Å². The average Bonchev–Trinajstić information content (AvgIpc) is 3.08. The van der Waals surface area contributed by atoms with E-state index in [1.54, 1.807) is 23.5 Å². The molecule has 0 atom stereocenters. The Bertz CT molecular complexity index is 2050. The minimum atomic E-state index is 0.338. The lowest BCUT2D eigenvalue weighted by atomic mass is 9.94. The second-order valence-electron chi connectivity index (χ2n) is 11.7. The van der Waals surface area contributed by atoms with Crippen molar-refractivity contribution >= 4 is 45.1 Å². The van der Waals surface area contributed by atoms with E-state index in [1.165, 1.54) is 0 Å². The Kier molecular flexibility index (Phi) is 8.49. The molecule has 0 bridgehead atoms. The van der Waals surface area contributed by atoms with Gasteiger partial charge in [0.2, 0.25) is 0 Å². The Balaban J connectivity index is 1.14. The van der Waals surface area contributed by atoms with Crippen LogP contribution in [0.25, 0.3) is 43.8 Å². The summed E-state index contributed by atoms with van der Waals surface area (Å²) >= 11 is 3.46. The molecule has 0 heterocycles. The predicted molar refractivity (Wildman–Crippen MR) is 197 cm³/mol. The number of hydrogen-bond acceptors (Lipinski definition) is 4. The summed E-state index contributed by atoms with van der Waals surface area (Å²) in [5.74, 6) is 1.96. The summed E-state index contributed by atoms with van der Waals surface area (Å²) < 4.78 is 0. The van der Waals surface area contributed by atoms with Crippen LogP contribution in [-0.4, -0.2) is 10.2 Å². The third kappa shape index (κ3) is 5.99. The lowest BCUT2D eigenvalue weighted by Gasteiger charge is -2.16. The number of benzene rings is 7.